The fraction of sp³-hybridized carbons (Fsp3) is 0.375. The lowest BCUT2D eigenvalue weighted by atomic mass is 9.86. The monoisotopic (exact) mass is 241 g/mol. The summed E-state index contributed by atoms with van der Waals surface area (Å²) < 4.78 is 0. The van der Waals surface area contributed by atoms with E-state index < -0.39 is 0 Å². The van der Waals surface area contributed by atoms with E-state index in [0.29, 0.717) is 12.0 Å². The van der Waals surface area contributed by atoms with Gasteiger partial charge in [0.1, 0.15) is 0 Å². The van der Waals surface area contributed by atoms with Gasteiger partial charge in [0.05, 0.1) is 6.61 Å². The summed E-state index contributed by atoms with van der Waals surface area (Å²) >= 11 is 0. The minimum Gasteiger partial charge on any atom is -0.301 e. The van der Waals surface area contributed by atoms with Gasteiger partial charge in [0.2, 0.25) is 0 Å². The number of hydrogen-bond acceptors (Lipinski definition) is 2. The van der Waals surface area contributed by atoms with Crippen molar-refractivity contribution in [3.8, 4) is 0 Å². The smallest absolute Gasteiger partial charge is 0.0766 e. The third-order valence-electron chi connectivity index (χ3n) is 3.73. The van der Waals surface area contributed by atoms with Crippen molar-refractivity contribution >= 4 is 0 Å². The van der Waals surface area contributed by atoms with Crippen LogP contribution in [-0.2, 0) is 11.3 Å². The van der Waals surface area contributed by atoms with Gasteiger partial charge >= 0.3 is 0 Å². The fourth-order valence-electron chi connectivity index (χ4n) is 2.73. The predicted octanol–water partition coefficient (Wildman–Crippen LogP) is 3.03. The minimum absolute atomic E-state index is 0.390. The lowest BCUT2D eigenvalue weighted by Crippen LogP contribution is -2.30. The topological polar surface area (TPSA) is 21.3 Å². The second-order valence-electron chi connectivity index (χ2n) is 5.02. The van der Waals surface area contributed by atoms with Gasteiger partial charge in [-0.15, -0.1) is 0 Å². The highest BCUT2D eigenvalue weighted by Crippen LogP contribution is 2.27. The van der Waals surface area contributed by atoms with Crippen LogP contribution in [0.2, 0.25) is 0 Å². The van der Waals surface area contributed by atoms with Crippen LogP contribution in [0.15, 0.2) is 54.1 Å². The third kappa shape index (κ3) is 2.55. The standard InChI is InChI=1S/C16H19NO/c1-3-7-13(8-4-1)11-16-15(12-18-17-16)14-9-5-2-6-10-14/h1,3-5,7-10,15-17H,2,6,11-12H2. The molecule has 0 saturated carbocycles. The summed E-state index contributed by atoms with van der Waals surface area (Å²) in [4.78, 5) is 5.47. The van der Waals surface area contributed by atoms with Crippen molar-refractivity contribution in [3.63, 3.8) is 0 Å². The maximum atomic E-state index is 5.47. The first-order valence-electron chi connectivity index (χ1n) is 6.71. The molecule has 0 amide bonds. The van der Waals surface area contributed by atoms with Crippen LogP contribution in [-0.4, -0.2) is 12.6 Å². The molecule has 1 N–H and O–H groups in total. The Balaban J connectivity index is 1.71. The largest absolute Gasteiger partial charge is 0.301 e. The normalized spacial score (nSPS) is 27.2. The Kier molecular flexibility index (Phi) is 3.58. The van der Waals surface area contributed by atoms with Gasteiger partial charge in [0, 0.05) is 12.0 Å². The maximum Gasteiger partial charge on any atom is 0.0766 e. The number of hydroxylamine groups is 1. The summed E-state index contributed by atoms with van der Waals surface area (Å²) in [6.07, 6.45) is 10.3. The molecule has 2 nitrogen and oxygen atoms in total. The summed E-state index contributed by atoms with van der Waals surface area (Å²) in [6, 6.07) is 11.0. The van der Waals surface area contributed by atoms with Gasteiger partial charge in [-0.25, -0.2) is 0 Å². The number of rotatable bonds is 3. The molecule has 1 fully saturated rings. The van der Waals surface area contributed by atoms with E-state index in [1.54, 1.807) is 0 Å². The molecule has 2 atom stereocenters. The number of benzene rings is 1. The van der Waals surface area contributed by atoms with E-state index in [9.17, 15) is 0 Å². The zero-order valence-corrected chi connectivity index (χ0v) is 10.5. The Labute approximate surface area is 108 Å². The first kappa shape index (κ1) is 11.7. The summed E-state index contributed by atoms with van der Waals surface area (Å²) in [5.41, 5.74) is 5.98. The van der Waals surface area contributed by atoms with Crippen molar-refractivity contribution in [2.45, 2.75) is 25.3 Å². The molecule has 0 radical (unpaired) electrons. The fourth-order valence-corrected chi connectivity index (χ4v) is 2.73. The van der Waals surface area contributed by atoms with Gasteiger partial charge in [-0.3, -0.25) is 0 Å². The molecule has 18 heavy (non-hydrogen) atoms. The number of allylic oxidation sites excluding steroid dienone is 3. The van der Waals surface area contributed by atoms with E-state index in [1.165, 1.54) is 24.0 Å². The zero-order chi connectivity index (χ0) is 12.2. The third-order valence-corrected chi connectivity index (χ3v) is 3.73. The Bertz CT molecular complexity index is 449. The average Bonchev–Trinajstić information content (AvgIpc) is 2.89. The van der Waals surface area contributed by atoms with E-state index in [2.05, 4.69) is 54.0 Å². The molecule has 1 aliphatic carbocycles. The van der Waals surface area contributed by atoms with Gasteiger partial charge in [-0.05, 0) is 30.4 Å². The Hall–Kier alpha value is -1.38. The molecular formula is C16H19NO. The van der Waals surface area contributed by atoms with Crippen LogP contribution in [0.5, 0.6) is 0 Å². The molecule has 1 aromatic carbocycles. The minimum atomic E-state index is 0.390. The van der Waals surface area contributed by atoms with Crippen LogP contribution in [0.25, 0.3) is 0 Å². The molecule has 2 aliphatic rings. The van der Waals surface area contributed by atoms with Crippen LogP contribution < -0.4 is 5.48 Å². The van der Waals surface area contributed by atoms with E-state index in [1.807, 2.05) is 0 Å². The van der Waals surface area contributed by atoms with E-state index >= 15 is 0 Å². The van der Waals surface area contributed by atoms with Gasteiger partial charge < -0.3 is 4.84 Å². The van der Waals surface area contributed by atoms with Crippen molar-refractivity contribution in [1.82, 2.24) is 5.48 Å². The van der Waals surface area contributed by atoms with Crippen molar-refractivity contribution < 1.29 is 4.84 Å². The number of nitrogens with one attached hydrogen (secondary N) is 1. The van der Waals surface area contributed by atoms with Gasteiger partial charge in [0.15, 0.2) is 0 Å². The highest BCUT2D eigenvalue weighted by Gasteiger charge is 2.30. The molecule has 0 bridgehead atoms. The van der Waals surface area contributed by atoms with Crippen molar-refractivity contribution in [2.75, 3.05) is 6.61 Å². The molecule has 2 unspecified atom stereocenters. The summed E-state index contributed by atoms with van der Waals surface area (Å²) in [6.45, 7) is 0.785. The van der Waals surface area contributed by atoms with E-state index in [4.69, 9.17) is 4.84 Å². The van der Waals surface area contributed by atoms with Crippen LogP contribution >= 0.6 is 0 Å². The van der Waals surface area contributed by atoms with Crippen molar-refractivity contribution in [1.29, 1.82) is 0 Å². The van der Waals surface area contributed by atoms with Gasteiger partial charge in [-0.2, -0.15) is 5.48 Å². The van der Waals surface area contributed by atoms with E-state index in [-0.39, 0.29) is 0 Å². The lowest BCUT2D eigenvalue weighted by molar-refractivity contribution is 0.0869. The Morgan fingerprint density at radius 3 is 2.83 bits per heavy atom. The molecule has 2 heteroatoms. The Morgan fingerprint density at radius 1 is 1.17 bits per heavy atom. The van der Waals surface area contributed by atoms with Crippen LogP contribution in [0, 0.1) is 5.92 Å². The van der Waals surface area contributed by atoms with E-state index in [0.717, 1.165) is 13.0 Å². The summed E-state index contributed by atoms with van der Waals surface area (Å²) in [7, 11) is 0. The lowest BCUT2D eigenvalue weighted by Gasteiger charge is -2.20. The van der Waals surface area contributed by atoms with Crippen LogP contribution in [0.3, 0.4) is 0 Å². The molecule has 94 valence electrons. The van der Waals surface area contributed by atoms with Crippen LogP contribution in [0.4, 0.5) is 0 Å². The second-order valence-corrected chi connectivity index (χ2v) is 5.02. The van der Waals surface area contributed by atoms with Crippen molar-refractivity contribution in [2.24, 2.45) is 5.92 Å². The first-order chi connectivity index (χ1) is 8.93. The van der Waals surface area contributed by atoms with Gasteiger partial charge in [-0.1, -0.05) is 48.6 Å². The molecule has 0 aromatic heterocycles. The maximum absolute atomic E-state index is 5.47. The summed E-state index contributed by atoms with van der Waals surface area (Å²) in [5, 5.41) is 0. The quantitative estimate of drug-likeness (QED) is 0.878. The summed E-state index contributed by atoms with van der Waals surface area (Å²) in [5.74, 6) is 0.488. The molecule has 1 aromatic rings. The molecule has 0 spiro atoms. The van der Waals surface area contributed by atoms with Crippen molar-refractivity contribution in [3.05, 3.63) is 59.7 Å². The predicted molar refractivity (Wildman–Crippen MR) is 73.0 cm³/mol. The Morgan fingerprint density at radius 2 is 2.06 bits per heavy atom. The zero-order valence-electron chi connectivity index (χ0n) is 10.5. The number of hydrogen-bond donors (Lipinski definition) is 1. The molecule has 3 rings (SSSR count). The van der Waals surface area contributed by atoms with Crippen LogP contribution in [0.1, 0.15) is 18.4 Å². The molecule has 1 heterocycles. The molecular weight excluding hydrogens is 222 g/mol. The average molecular weight is 241 g/mol. The SMILES string of the molecule is C1=CC(C2CONC2Cc2ccccc2)=CCC1. The highest BCUT2D eigenvalue weighted by atomic mass is 16.7. The molecule has 1 aliphatic heterocycles. The van der Waals surface area contributed by atoms with Gasteiger partial charge in [0.25, 0.3) is 0 Å². The second kappa shape index (κ2) is 5.51. The highest BCUT2D eigenvalue weighted by molar-refractivity contribution is 5.28. The molecule has 1 saturated heterocycles. The first-order valence-corrected chi connectivity index (χ1v) is 6.71.